The average molecular weight is 185 g/mol. The Balaban J connectivity index is 2.82. The zero-order valence-corrected chi connectivity index (χ0v) is 6.38. The summed E-state index contributed by atoms with van der Waals surface area (Å²) in [5.41, 5.74) is -0.0406. The van der Waals surface area contributed by atoms with Crippen molar-refractivity contribution < 1.29 is 13.2 Å². The van der Waals surface area contributed by atoms with Gasteiger partial charge in [0.25, 0.3) is 6.43 Å². The maximum absolute atomic E-state index is 12.3. The lowest BCUT2D eigenvalue weighted by atomic mass is 10.2. The van der Waals surface area contributed by atoms with Crippen LogP contribution in [0.3, 0.4) is 0 Å². The lowest BCUT2D eigenvalue weighted by Gasteiger charge is -1.97. The largest absolute Gasteiger partial charge is 0.417 e. The number of H-pyrrole nitrogens is 1. The number of fused-ring (bicyclic) bond motifs is 1. The van der Waals surface area contributed by atoms with E-state index in [1.807, 2.05) is 0 Å². The number of alkyl halides is 2. The summed E-state index contributed by atoms with van der Waals surface area (Å²) in [7, 11) is 0. The average Bonchev–Trinajstić information content (AvgIpc) is 2.43. The van der Waals surface area contributed by atoms with Crippen LogP contribution in [0.1, 0.15) is 12.0 Å². The quantitative estimate of drug-likeness (QED) is 0.739. The summed E-state index contributed by atoms with van der Waals surface area (Å²) in [6, 6.07) is 4.17. The van der Waals surface area contributed by atoms with Crippen molar-refractivity contribution in [3.63, 3.8) is 0 Å². The Kier molecular flexibility index (Phi) is 1.65. The molecule has 0 aliphatic rings. The molecule has 0 aliphatic carbocycles. The SMILES string of the molecule is O=c1[nH]c2cccc(C(F)F)c2o1. The van der Waals surface area contributed by atoms with E-state index in [1.54, 1.807) is 0 Å². The van der Waals surface area contributed by atoms with Crippen LogP contribution >= 0.6 is 0 Å². The van der Waals surface area contributed by atoms with E-state index in [2.05, 4.69) is 9.40 Å². The van der Waals surface area contributed by atoms with Crippen LogP contribution in [0.2, 0.25) is 0 Å². The van der Waals surface area contributed by atoms with E-state index < -0.39 is 12.2 Å². The Labute approximate surface area is 71.0 Å². The smallest absolute Gasteiger partial charge is 0.407 e. The van der Waals surface area contributed by atoms with Crippen molar-refractivity contribution in [2.75, 3.05) is 0 Å². The second kappa shape index (κ2) is 2.69. The predicted octanol–water partition coefficient (Wildman–Crippen LogP) is 2.06. The van der Waals surface area contributed by atoms with Gasteiger partial charge in [0, 0.05) is 0 Å². The third-order valence-corrected chi connectivity index (χ3v) is 1.71. The lowest BCUT2D eigenvalue weighted by molar-refractivity contribution is 0.151. The predicted molar refractivity (Wildman–Crippen MR) is 41.8 cm³/mol. The zero-order valence-electron chi connectivity index (χ0n) is 6.38. The molecule has 2 aromatic rings. The summed E-state index contributed by atoms with van der Waals surface area (Å²) in [4.78, 5) is 13.0. The molecule has 2 rings (SSSR count). The Morgan fingerprint density at radius 2 is 2.15 bits per heavy atom. The van der Waals surface area contributed by atoms with Crippen LogP contribution in [0.5, 0.6) is 0 Å². The van der Waals surface area contributed by atoms with Crippen molar-refractivity contribution in [1.82, 2.24) is 4.98 Å². The summed E-state index contributed by atoms with van der Waals surface area (Å²) in [5.74, 6) is -0.719. The van der Waals surface area contributed by atoms with E-state index in [0.29, 0.717) is 5.52 Å². The van der Waals surface area contributed by atoms with Gasteiger partial charge in [-0.15, -0.1) is 0 Å². The van der Waals surface area contributed by atoms with Crippen molar-refractivity contribution in [3.05, 3.63) is 34.3 Å². The molecule has 13 heavy (non-hydrogen) atoms. The lowest BCUT2D eigenvalue weighted by Crippen LogP contribution is -1.92. The molecule has 0 unspecified atom stereocenters. The number of nitrogens with one attached hydrogen (secondary N) is 1. The molecule has 0 radical (unpaired) electrons. The summed E-state index contributed by atoms with van der Waals surface area (Å²) in [6.45, 7) is 0. The maximum atomic E-state index is 12.3. The highest BCUT2D eigenvalue weighted by molar-refractivity contribution is 5.75. The number of halogens is 2. The molecule has 3 nitrogen and oxygen atoms in total. The van der Waals surface area contributed by atoms with Gasteiger partial charge in [-0.3, -0.25) is 4.98 Å². The molecule has 1 heterocycles. The molecule has 0 saturated carbocycles. The van der Waals surface area contributed by atoms with Gasteiger partial charge in [-0.05, 0) is 12.1 Å². The molecule has 5 heteroatoms. The molecule has 0 amide bonds. The van der Waals surface area contributed by atoms with Crippen molar-refractivity contribution >= 4 is 11.1 Å². The van der Waals surface area contributed by atoms with Gasteiger partial charge in [-0.2, -0.15) is 0 Å². The van der Waals surface area contributed by atoms with Crippen LogP contribution in [0.4, 0.5) is 8.78 Å². The Bertz CT molecular complexity index is 486. The second-order valence-corrected chi connectivity index (χ2v) is 2.54. The van der Waals surface area contributed by atoms with Gasteiger partial charge in [-0.25, -0.2) is 13.6 Å². The molecule has 1 aromatic carbocycles. The number of aromatic nitrogens is 1. The Morgan fingerprint density at radius 3 is 2.85 bits per heavy atom. The minimum Gasteiger partial charge on any atom is -0.407 e. The van der Waals surface area contributed by atoms with E-state index in [1.165, 1.54) is 18.2 Å². The van der Waals surface area contributed by atoms with Gasteiger partial charge in [-0.1, -0.05) is 6.07 Å². The first-order valence-electron chi connectivity index (χ1n) is 3.58. The maximum Gasteiger partial charge on any atom is 0.417 e. The van der Waals surface area contributed by atoms with Gasteiger partial charge < -0.3 is 4.42 Å². The molecule has 1 aromatic heterocycles. The second-order valence-electron chi connectivity index (χ2n) is 2.54. The fraction of sp³-hybridized carbons (Fsp3) is 0.125. The highest BCUT2D eigenvalue weighted by atomic mass is 19.3. The summed E-state index contributed by atoms with van der Waals surface area (Å²) in [6.07, 6.45) is -2.64. The number of para-hydroxylation sites is 1. The summed E-state index contributed by atoms with van der Waals surface area (Å²) < 4.78 is 29.2. The summed E-state index contributed by atoms with van der Waals surface area (Å²) in [5, 5.41) is 0. The number of hydrogen-bond acceptors (Lipinski definition) is 2. The first-order valence-corrected chi connectivity index (χ1v) is 3.58. The van der Waals surface area contributed by atoms with Gasteiger partial charge in [0.2, 0.25) is 0 Å². The van der Waals surface area contributed by atoms with E-state index in [0.717, 1.165) is 0 Å². The number of benzene rings is 1. The van der Waals surface area contributed by atoms with Crippen LogP contribution in [0.15, 0.2) is 27.4 Å². The minimum atomic E-state index is -2.64. The molecule has 68 valence electrons. The Hall–Kier alpha value is -1.65. The van der Waals surface area contributed by atoms with E-state index in [9.17, 15) is 13.6 Å². The van der Waals surface area contributed by atoms with Crippen molar-refractivity contribution in [1.29, 1.82) is 0 Å². The highest BCUT2D eigenvalue weighted by Gasteiger charge is 2.14. The van der Waals surface area contributed by atoms with Crippen molar-refractivity contribution in [2.45, 2.75) is 6.43 Å². The molecule has 0 aliphatic heterocycles. The number of aromatic amines is 1. The first kappa shape index (κ1) is 7.97. The monoisotopic (exact) mass is 185 g/mol. The molecule has 1 N–H and O–H groups in total. The molecular formula is C8H5F2NO2. The first-order chi connectivity index (χ1) is 6.18. The summed E-state index contributed by atoms with van der Waals surface area (Å²) >= 11 is 0. The molecule has 0 saturated heterocycles. The molecular weight excluding hydrogens is 180 g/mol. The minimum absolute atomic E-state index is 0.0671. The van der Waals surface area contributed by atoms with Gasteiger partial charge in [0.05, 0.1) is 11.1 Å². The van der Waals surface area contributed by atoms with Crippen LogP contribution in [0, 0.1) is 0 Å². The van der Waals surface area contributed by atoms with Crippen LogP contribution in [-0.2, 0) is 0 Å². The normalized spacial score (nSPS) is 11.3. The number of rotatable bonds is 1. The van der Waals surface area contributed by atoms with E-state index >= 15 is 0 Å². The standard InChI is InChI=1S/C8H5F2NO2/c9-7(10)4-2-1-3-5-6(4)13-8(12)11-5/h1-3,7H,(H,11,12). The fourth-order valence-corrected chi connectivity index (χ4v) is 1.17. The van der Waals surface area contributed by atoms with Crippen molar-refractivity contribution in [2.24, 2.45) is 0 Å². The van der Waals surface area contributed by atoms with Crippen molar-refractivity contribution in [3.8, 4) is 0 Å². The van der Waals surface area contributed by atoms with Gasteiger partial charge in [0.15, 0.2) is 5.58 Å². The highest BCUT2D eigenvalue weighted by Crippen LogP contribution is 2.25. The molecule has 0 atom stereocenters. The molecule has 0 fully saturated rings. The van der Waals surface area contributed by atoms with Gasteiger partial charge in [0.1, 0.15) is 0 Å². The third-order valence-electron chi connectivity index (χ3n) is 1.71. The number of hydrogen-bond donors (Lipinski definition) is 1. The van der Waals surface area contributed by atoms with Crippen LogP contribution in [-0.4, -0.2) is 4.98 Å². The Morgan fingerprint density at radius 1 is 1.38 bits per heavy atom. The number of oxazole rings is 1. The van der Waals surface area contributed by atoms with Gasteiger partial charge >= 0.3 is 5.76 Å². The topological polar surface area (TPSA) is 46.0 Å². The van der Waals surface area contributed by atoms with Crippen LogP contribution < -0.4 is 5.76 Å². The van der Waals surface area contributed by atoms with E-state index in [4.69, 9.17) is 0 Å². The third kappa shape index (κ3) is 1.22. The fourth-order valence-electron chi connectivity index (χ4n) is 1.17. The van der Waals surface area contributed by atoms with E-state index in [-0.39, 0.29) is 11.1 Å². The zero-order chi connectivity index (χ0) is 9.42. The van der Waals surface area contributed by atoms with Crippen LogP contribution in [0.25, 0.3) is 11.1 Å². The molecule has 0 bridgehead atoms. The molecule has 0 spiro atoms.